The normalized spacial score (nSPS) is 10.8. The molecule has 3 aromatic rings. The van der Waals surface area contributed by atoms with Gasteiger partial charge in [-0.3, -0.25) is 4.79 Å². The average Bonchev–Trinajstić information content (AvgIpc) is 2.66. The molecule has 2 aromatic carbocycles. The minimum absolute atomic E-state index is 0.103. The third-order valence-corrected chi connectivity index (χ3v) is 4.59. The Hall–Kier alpha value is -2.98. The molecule has 0 aliphatic heterocycles. The van der Waals surface area contributed by atoms with Crippen molar-refractivity contribution in [2.24, 2.45) is 5.84 Å². The molecule has 0 saturated carbocycles. The first-order valence-corrected chi connectivity index (χ1v) is 8.66. The van der Waals surface area contributed by atoms with E-state index >= 15 is 0 Å². The van der Waals surface area contributed by atoms with Gasteiger partial charge in [0.15, 0.2) is 5.82 Å². The van der Waals surface area contributed by atoms with Gasteiger partial charge in [0.05, 0.1) is 16.6 Å². The molecular formula is C18H13BrF3N5O. The number of carbonyl (C=O) groups excluding carboxylic acids is 1. The van der Waals surface area contributed by atoms with Crippen LogP contribution in [0.2, 0.25) is 0 Å². The maximum absolute atomic E-state index is 13.8. The smallest absolute Gasteiger partial charge is 0.247 e. The maximum Gasteiger partial charge on any atom is 0.247 e. The second kappa shape index (κ2) is 7.95. The van der Waals surface area contributed by atoms with E-state index in [0.717, 1.165) is 12.1 Å². The zero-order valence-corrected chi connectivity index (χ0v) is 15.8. The third kappa shape index (κ3) is 3.97. The number of hydrogen-bond donors (Lipinski definition) is 2. The van der Waals surface area contributed by atoms with Gasteiger partial charge in [-0.15, -0.1) is 0 Å². The number of halogens is 4. The van der Waals surface area contributed by atoms with E-state index in [9.17, 15) is 18.0 Å². The number of aromatic nitrogens is 2. The first kappa shape index (κ1) is 19.8. The highest BCUT2D eigenvalue weighted by molar-refractivity contribution is 9.10. The van der Waals surface area contributed by atoms with E-state index < -0.39 is 35.3 Å². The minimum atomic E-state index is -0.866. The van der Waals surface area contributed by atoms with E-state index in [2.05, 4.69) is 25.9 Å². The molecule has 0 fully saturated rings. The molecule has 0 unspecified atom stereocenters. The highest BCUT2D eigenvalue weighted by Gasteiger charge is 2.23. The predicted octanol–water partition coefficient (Wildman–Crippen LogP) is 3.36. The van der Waals surface area contributed by atoms with E-state index in [1.165, 1.54) is 30.3 Å². The van der Waals surface area contributed by atoms with Crippen LogP contribution in [0, 0.1) is 17.5 Å². The fraction of sp³-hybridized carbons (Fsp3) is 0.0556. The SMILES string of the molecule is Nc1nc(-c2ccc(F)cc2)c(Br)c(N(N)C(=O)Cc2c(F)cccc2F)n1. The van der Waals surface area contributed by atoms with Crippen LogP contribution in [0.4, 0.5) is 24.9 Å². The molecule has 28 heavy (non-hydrogen) atoms. The van der Waals surface area contributed by atoms with Gasteiger partial charge < -0.3 is 5.73 Å². The Morgan fingerprint density at radius 2 is 1.64 bits per heavy atom. The maximum atomic E-state index is 13.8. The summed E-state index contributed by atoms with van der Waals surface area (Å²) in [6.07, 6.45) is -0.628. The summed E-state index contributed by atoms with van der Waals surface area (Å²) in [7, 11) is 0. The highest BCUT2D eigenvalue weighted by Crippen LogP contribution is 2.33. The fourth-order valence-electron chi connectivity index (χ4n) is 2.47. The number of amides is 1. The lowest BCUT2D eigenvalue weighted by molar-refractivity contribution is -0.118. The predicted molar refractivity (Wildman–Crippen MR) is 101 cm³/mol. The van der Waals surface area contributed by atoms with E-state index in [1.54, 1.807) is 0 Å². The summed E-state index contributed by atoms with van der Waals surface area (Å²) in [6, 6.07) is 8.65. The van der Waals surface area contributed by atoms with Crippen molar-refractivity contribution in [3.05, 3.63) is 70.0 Å². The molecule has 6 nitrogen and oxygen atoms in total. The topological polar surface area (TPSA) is 98.1 Å². The Morgan fingerprint density at radius 3 is 2.25 bits per heavy atom. The van der Waals surface area contributed by atoms with Crippen molar-refractivity contribution in [2.45, 2.75) is 6.42 Å². The summed E-state index contributed by atoms with van der Waals surface area (Å²) in [5.74, 6) is 2.53. The first-order chi connectivity index (χ1) is 13.3. The van der Waals surface area contributed by atoms with Crippen molar-refractivity contribution in [1.29, 1.82) is 0 Å². The summed E-state index contributed by atoms with van der Waals surface area (Å²) in [4.78, 5) is 20.5. The summed E-state index contributed by atoms with van der Waals surface area (Å²) >= 11 is 3.26. The first-order valence-electron chi connectivity index (χ1n) is 7.87. The second-order valence-electron chi connectivity index (χ2n) is 5.72. The van der Waals surface area contributed by atoms with Gasteiger partial charge in [-0.05, 0) is 52.3 Å². The minimum Gasteiger partial charge on any atom is -0.368 e. The van der Waals surface area contributed by atoms with E-state index in [1.807, 2.05) is 0 Å². The molecule has 0 atom stereocenters. The van der Waals surface area contributed by atoms with Crippen molar-refractivity contribution >= 4 is 33.6 Å². The standard InChI is InChI=1S/C18H13BrF3N5O/c19-15-16(9-4-6-10(20)7-5-9)25-18(23)26-17(15)27(24)14(28)8-11-12(21)2-1-3-13(11)22/h1-7H,8,24H2,(H2,23,25,26). The Bertz CT molecular complexity index is 1030. The van der Waals surface area contributed by atoms with Crippen molar-refractivity contribution in [1.82, 2.24) is 9.97 Å². The summed E-state index contributed by atoms with van der Waals surface area (Å²) in [5, 5.41) is 0.626. The van der Waals surface area contributed by atoms with Crippen LogP contribution in [0.1, 0.15) is 5.56 Å². The van der Waals surface area contributed by atoms with Crippen LogP contribution < -0.4 is 16.6 Å². The number of rotatable bonds is 4. The van der Waals surface area contributed by atoms with E-state index in [-0.39, 0.29) is 21.9 Å². The lowest BCUT2D eigenvalue weighted by Crippen LogP contribution is -2.40. The molecular weight excluding hydrogens is 439 g/mol. The largest absolute Gasteiger partial charge is 0.368 e. The van der Waals surface area contributed by atoms with Crippen molar-refractivity contribution in [2.75, 3.05) is 10.7 Å². The van der Waals surface area contributed by atoms with Crippen molar-refractivity contribution < 1.29 is 18.0 Å². The number of benzene rings is 2. The van der Waals surface area contributed by atoms with E-state index in [0.29, 0.717) is 10.6 Å². The molecule has 144 valence electrons. The van der Waals surface area contributed by atoms with Crippen LogP contribution >= 0.6 is 15.9 Å². The van der Waals surface area contributed by atoms with Gasteiger partial charge >= 0.3 is 0 Å². The molecule has 1 amide bonds. The third-order valence-electron chi connectivity index (χ3n) is 3.86. The molecule has 0 radical (unpaired) electrons. The second-order valence-corrected chi connectivity index (χ2v) is 6.51. The Morgan fingerprint density at radius 1 is 1.04 bits per heavy atom. The van der Waals surface area contributed by atoms with Gasteiger partial charge in [-0.1, -0.05) is 6.07 Å². The van der Waals surface area contributed by atoms with Crippen LogP contribution in [-0.4, -0.2) is 15.9 Å². The molecule has 10 heteroatoms. The van der Waals surface area contributed by atoms with Crippen LogP contribution in [0.25, 0.3) is 11.3 Å². The van der Waals surface area contributed by atoms with Crippen LogP contribution in [0.5, 0.6) is 0 Å². The van der Waals surface area contributed by atoms with Gasteiger partial charge in [0.1, 0.15) is 17.5 Å². The number of anilines is 2. The Balaban J connectivity index is 1.96. The quantitative estimate of drug-likeness (QED) is 0.360. The Kier molecular flexibility index (Phi) is 5.61. The van der Waals surface area contributed by atoms with Gasteiger partial charge in [0.2, 0.25) is 11.9 Å². The van der Waals surface area contributed by atoms with Crippen molar-refractivity contribution in [3.63, 3.8) is 0 Å². The summed E-state index contributed by atoms with van der Waals surface area (Å²) in [5.41, 5.74) is 6.04. The number of hydrazine groups is 1. The molecule has 0 saturated heterocycles. The lowest BCUT2D eigenvalue weighted by Gasteiger charge is -2.19. The molecule has 1 heterocycles. The monoisotopic (exact) mass is 451 g/mol. The lowest BCUT2D eigenvalue weighted by atomic mass is 10.1. The average molecular weight is 452 g/mol. The molecule has 1 aromatic heterocycles. The fourth-order valence-corrected chi connectivity index (χ4v) is 3.06. The van der Waals surface area contributed by atoms with Crippen molar-refractivity contribution in [3.8, 4) is 11.3 Å². The van der Waals surface area contributed by atoms with Gasteiger partial charge in [-0.2, -0.15) is 4.98 Å². The molecule has 0 bridgehead atoms. The highest BCUT2D eigenvalue weighted by atomic mass is 79.9. The van der Waals surface area contributed by atoms with Crippen LogP contribution in [0.15, 0.2) is 46.9 Å². The van der Waals surface area contributed by atoms with E-state index in [4.69, 9.17) is 11.6 Å². The van der Waals surface area contributed by atoms with Crippen LogP contribution in [-0.2, 0) is 11.2 Å². The molecule has 0 aliphatic carbocycles. The van der Waals surface area contributed by atoms with Gasteiger partial charge in [0, 0.05) is 11.1 Å². The number of carbonyl (C=O) groups is 1. The Labute approximate surface area is 166 Å². The zero-order valence-electron chi connectivity index (χ0n) is 14.2. The number of hydrogen-bond acceptors (Lipinski definition) is 5. The molecule has 3 rings (SSSR count). The number of nitrogen functional groups attached to an aromatic ring is 1. The summed E-state index contributed by atoms with van der Waals surface area (Å²) in [6.45, 7) is 0. The summed E-state index contributed by atoms with van der Waals surface area (Å²) < 4.78 is 41.0. The van der Waals surface area contributed by atoms with Gasteiger partial charge in [0.25, 0.3) is 0 Å². The molecule has 4 N–H and O–H groups in total. The van der Waals surface area contributed by atoms with Gasteiger partial charge in [-0.25, -0.2) is 29.0 Å². The van der Waals surface area contributed by atoms with Crippen LogP contribution in [0.3, 0.4) is 0 Å². The molecule has 0 aliphatic rings. The number of nitrogens with two attached hydrogens (primary N) is 2. The number of nitrogens with zero attached hydrogens (tertiary/aromatic N) is 3. The zero-order chi connectivity index (χ0) is 20.4. The molecule has 0 spiro atoms.